The summed E-state index contributed by atoms with van der Waals surface area (Å²) < 4.78 is 0. The van der Waals surface area contributed by atoms with Crippen LogP contribution in [-0.2, 0) is 0 Å². The van der Waals surface area contributed by atoms with E-state index < -0.39 is 0 Å². The zero-order chi connectivity index (χ0) is 13.7. The Kier molecular flexibility index (Phi) is 4.91. The Balaban J connectivity index is 2.13. The van der Waals surface area contributed by atoms with Gasteiger partial charge in [-0.15, -0.1) is 0 Å². The summed E-state index contributed by atoms with van der Waals surface area (Å²) in [7, 11) is 0. The largest absolute Gasteiger partial charge is 0.334 e. The maximum Gasteiger partial charge on any atom is 0.255 e. The first kappa shape index (κ1) is 14.0. The van der Waals surface area contributed by atoms with E-state index in [2.05, 4.69) is 4.98 Å². The molecule has 0 aliphatic heterocycles. The minimum absolute atomic E-state index is 0.0739. The molecule has 19 heavy (non-hydrogen) atoms. The molecule has 1 aliphatic rings. The summed E-state index contributed by atoms with van der Waals surface area (Å²) in [4.78, 5) is 18.7. The van der Waals surface area contributed by atoms with Gasteiger partial charge in [0.1, 0.15) is 0 Å². The average molecular weight is 261 g/mol. The molecular weight excluding hydrogens is 238 g/mol. The van der Waals surface area contributed by atoms with E-state index in [9.17, 15) is 4.79 Å². The summed E-state index contributed by atoms with van der Waals surface area (Å²) in [6, 6.07) is 4.09. The van der Waals surface area contributed by atoms with E-state index >= 15 is 0 Å². The highest BCUT2D eigenvalue weighted by Gasteiger charge is 2.25. The smallest absolute Gasteiger partial charge is 0.255 e. The molecule has 4 nitrogen and oxygen atoms in total. The van der Waals surface area contributed by atoms with E-state index in [-0.39, 0.29) is 5.91 Å². The van der Waals surface area contributed by atoms with Gasteiger partial charge in [0.15, 0.2) is 0 Å². The standard InChI is InChI=1S/C15H23N3O/c1-12-7-8-13(11-17-12)15(19)18(10-9-16)14-5-3-2-4-6-14/h7-8,11,14H,2-6,9-10,16H2,1H3. The lowest BCUT2D eigenvalue weighted by Crippen LogP contribution is -2.44. The SMILES string of the molecule is Cc1ccc(C(=O)N(CCN)C2CCCCC2)cn1. The fraction of sp³-hybridized carbons (Fsp3) is 0.600. The zero-order valence-electron chi connectivity index (χ0n) is 11.6. The van der Waals surface area contributed by atoms with Crippen LogP contribution in [0.25, 0.3) is 0 Å². The molecule has 1 fully saturated rings. The van der Waals surface area contributed by atoms with E-state index in [0.717, 1.165) is 18.5 Å². The van der Waals surface area contributed by atoms with Crippen LogP contribution in [0.2, 0.25) is 0 Å². The third-order valence-electron chi connectivity index (χ3n) is 3.80. The molecule has 0 spiro atoms. The number of hydrogen-bond acceptors (Lipinski definition) is 3. The van der Waals surface area contributed by atoms with Gasteiger partial charge in [0, 0.05) is 31.0 Å². The van der Waals surface area contributed by atoms with Crippen molar-refractivity contribution in [3.63, 3.8) is 0 Å². The molecule has 0 radical (unpaired) electrons. The fourth-order valence-corrected chi connectivity index (χ4v) is 2.74. The number of pyridine rings is 1. The highest BCUT2D eigenvalue weighted by molar-refractivity contribution is 5.94. The van der Waals surface area contributed by atoms with Gasteiger partial charge in [0.05, 0.1) is 5.56 Å². The van der Waals surface area contributed by atoms with E-state index in [1.54, 1.807) is 6.20 Å². The molecule has 0 saturated heterocycles. The van der Waals surface area contributed by atoms with Crippen molar-refractivity contribution in [1.82, 2.24) is 9.88 Å². The Morgan fingerprint density at radius 3 is 2.68 bits per heavy atom. The predicted molar refractivity (Wildman–Crippen MR) is 75.9 cm³/mol. The minimum Gasteiger partial charge on any atom is -0.334 e. The molecule has 0 aromatic carbocycles. The number of carbonyl (C=O) groups excluding carboxylic acids is 1. The lowest BCUT2D eigenvalue weighted by atomic mass is 9.93. The van der Waals surface area contributed by atoms with Gasteiger partial charge in [-0.2, -0.15) is 0 Å². The van der Waals surface area contributed by atoms with Crippen molar-refractivity contribution in [1.29, 1.82) is 0 Å². The number of rotatable bonds is 4. The maximum atomic E-state index is 12.6. The minimum atomic E-state index is 0.0739. The second-order valence-corrected chi connectivity index (χ2v) is 5.27. The highest BCUT2D eigenvalue weighted by atomic mass is 16.2. The first-order chi connectivity index (χ1) is 9.22. The molecule has 2 rings (SSSR count). The molecule has 1 aromatic rings. The third-order valence-corrected chi connectivity index (χ3v) is 3.80. The van der Waals surface area contributed by atoms with Crippen molar-refractivity contribution in [2.24, 2.45) is 5.73 Å². The van der Waals surface area contributed by atoms with Gasteiger partial charge in [0.2, 0.25) is 0 Å². The number of nitrogens with zero attached hydrogens (tertiary/aromatic N) is 2. The molecule has 0 bridgehead atoms. The van der Waals surface area contributed by atoms with Crippen LogP contribution in [0.3, 0.4) is 0 Å². The number of aromatic nitrogens is 1. The average Bonchev–Trinajstić information content (AvgIpc) is 2.46. The van der Waals surface area contributed by atoms with Crippen molar-refractivity contribution in [3.8, 4) is 0 Å². The first-order valence-corrected chi connectivity index (χ1v) is 7.16. The van der Waals surface area contributed by atoms with Gasteiger partial charge >= 0.3 is 0 Å². The van der Waals surface area contributed by atoms with E-state index in [1.807, 2.05) is 24.0 Å². The topological polar surface area (TPSA) is 59.2 Å². The lowest BCUT2D eigenvalue weighted by Gasteiger charge is -2.34. The summed E-state index contributed by atoms with van der Waals surface area (Å²) >= 11 is 0. The van der Waals surface area contributed by atoms with E-state index in [4.69, 9.17) is 5.73 Å². The van der Waals surface area contributed by atoms with Crippen LogP contribution in [0.1, 0.15) is 48.2 Å². The number of aryl methyl sites for hydroxylation is 1. The molecule has 104 valence electrons. The van der Waals surface area contributed by atoms with Gasteiger partial charge in [-0.05, 0) is 31.9 Å². The molecule has 1 saturated carbocycles. The van der Waals surface area contributed by atoms with E-state index in [0.29, 0.717) is 24.7 Å². The zero-order valence-corrected chi connectivity index (χ0v) is 11.6. The van der Waals surface area contributed by atoms with Gasteiger partial charge in [0.25, 0.3) is 5.91 Å². The van der Waals surface area contributed by atoms with Crippen molar-refractivity contribution in [2.45, 2.75) is 45.1 Å². The number of nitrogens with two attached hydrogens (primary N) is 1. The summed E-state index contributed by atoms with van der Waals surface area (Å²) in [5.74, 6) is 0.0739. The normalized spacial score (nSPS) is 16.3. The quantitative estimate of drug-likeness (QED) is 0.903. The van der Waals surface area contributed by atoms with Crippen LogP contribution in [0, 0.1) is 6.92 Å². The summed E-state index contributed by atoms with van der Waals surface area (Å²) in [5, 5.41) is 0. The van der Waals surface area contributed by atoms with E-state index in [1.165, 1.54) is 19.3 Å². The Morgan fingerprint density at radius 1 is 1.37 bits per heavy atom. The second-order valence-electron chi connectivity index (χ2n) is 5.27. The molecular formula is C15H23N3O. The Bertz CT molecular complexity index is 410. The number of amides is 1. The van der Waals surface area contributed by atoms with Crippen LogP contribution >= 0.6 is 0 Å². The Hall–Kier alpha value is -1.42. The summed E-state index contributed by atoms with van der Waals surface area (Å²) in [5.41, 5.74) is 7.27. The Labute approximate surface area is 115 Å². The monoisotopic (exact) mass is 261 g/mol. The number of hydrogen-bond donors (Lipinski definition) is 1. The van der Waals surface area contributed by atoms with Crippen LogP contribution < -0.4 is 5.73 Å². The maximum absolute atomic E-state index is 12.6. The summed E-state index contributed by atoms with van der Waals surface area (Å²) in [6.45, 7) is 3.08. The van der Waals surface area contributed by atoms with Crippen molar-refractivity contribution in [2.75, 3.05) is 13.1 Å². The van der Waals surface area contributed by atoms with Crippen LogP contribution in [0.15, 0.2) is 18.3 Å². The van der Waals surface area contributed by atoms with Gasteiger partial charge < -0.3 is 10.6 Å². The molecule has 1 heterocycles. The van der Waals surface area contributed by atoms with Crippen LogP contribution in [0.5, 0.6) is 0 Å². The lowest BCUT2D eigenvalue weighted by molar-refractivity contribution is 0.0641. The highest BCUT2D eigenvalue weighted by Crippen LogP contribution is 2.23. The second kappa shape index (κ2) is 6.66. The molecule has 0 atom stereocenters. The fourth-order valence-electron chi connectivity index (χ4n) is 2.74. The predicted octanol–water partition coefficient (Wildman–Crippen LogP) is 2.12. The molecule has 0 unspecified atom stereocenters. The Morgan fingerprint density at radius 2 is 2.11 bits per heavy atom. The van der Waals surface area contributed by atoms with Crippen LogP contribution in [-0.4, -0.2) is 34.9 Å². The molecule has 1 aromatic heterocycles. The van der Waals surface area contributed by atoms with Crippen molar-refractivity contribution in [3.05, 3.63) is 29.6 Å². The molecule has 2 N–H and O–H groups in total. The molecule has 1 amide bonds. The van der Waals surface area contributed by atoms with Gasteiger partial charge in [-0.25, -0.2) is 0 Å². The van der Waals surface area contributed by atoms with Crippen LogP contribution in [0.4, 0.5) is 0 Å². The third kappa shape index (κ3) is 3.53. The van der Waals surface area contributed by atoms with Gasteiger partial charge in [-0.1, -0.05) is 19.3 Å². The molecule has 4 heteroatoms. The summed E-state index contributed by atoms with van der Waals surface area (Å²) in [6.07, 6.45) is 7.59. The first-order valence-electron chi connectivity index (χ1n) is 7.16. The van der Waals surface area contributed by atoms with Crippen molar-refractivity contribution < 1.29 is 4.79 Å². The van der Waals surface area contributed by atoms with Crippen molar-refractivity contribution >= 4 is 5.91 Å². The van der Waals surface area contributed by atoms with Gasteiger partial charge in [-0.3, -0.25) is 9.78 Å². The number of carbonyl (C=O) groups is 1. The molecule has 1 aliphatic carbocycles.